The molecule has 0 nitrogen and oxygen atoms in total. The van der Waals surface area contributed by atoms with Crippen LogP contribution in [-0.2, 0) is 51.5 Å². The van der Waals surface area contributed by atoms with Crippen molar-refractivity contribution < 1.29 is 50.7 Å². The molecule has 0 radical (unpaired) electrons. The number of halogens is 2. The molecule has 25 heavy (non-hydrogen) atoms. The van der Waals surface area contributed by atoms with Crippen molar-refractivity contribution in [2.45, 2.75) is 79.1 Å². The van der Waals surface area contributed by atoms with Crippen LogP contribution in [0.5, 0.6) is 0 Å². The van der Waals surface area contributed by atoms with Gasteiger partial charge in [0.1, 0.15) is 0 Å². The smallest absolute Gasteiger partial charge is 1.00 e. The fourth-order valence-corrected chi connectivity index (χ4v) is 3.04. The van der Waals surface area contributed by atoms with E-state index in [1.165, 1.54) is 51.4 Å². The minimum Gasteiger partial charge on any atom is -1.00 e. The zero-order valence-electron chi connectivity index (χ0n) is 16.4. The van der Waals surface area contributed by atoms with E-state index in [2.05, 4.69) is 64.1 Å². The molecule has 0 saturated carbocycles. The Morgan fingerprint density at radius 1 is 0.640 bits per heavy atom. The zero-order valence-corrected chi connectivity index (χ0v) is 21.5. The summed E-state index contributed by atoms with van der Waals surface area (Å²) in [7, 11) is 0. The Balaban J connectivity index is -0.000000346. The molecular formula is C22H34Cl2Hf. The van der Waals surface area contributed by atoms with Crippen LogP contribution >= 0.6 is 0 Å². The first-order valence-corrected chi connectivity index (χ1v) is 9.23. The summed E-state index contributed by atoms with van der Waals surface area (Å²) in [4.78, 5) is 0. The van der Waals surface area contributed by atoms with Gasteiger partial charge in [-0.05, 0) is 0 Å². The Bertz CT molecular complexity index is 412. The largest absolute Gasteiger partial charge is 4.00 e. The van der Waals surface area contributed by atoms with Crippen LogP contribution in [-0.4, -0.2) is 0 Å². The van der Waals surface area contributed by atoms with E-state index in [9.17, 15) is 0 Å². The van der Waals surface area contributed by atoms with Crippen molar-refractivity contribution in [2.75, 3.05) is 0 Å². The zero-order chi connectivity index (χ0) is 16.2. The number of aryl methyl sites for hydroxylation is 4. The second-order valence-corrected chi connectivity index (χ2v) is 6.15. The fourth-order valence-electron chi connectivity index (χ4n) is 3.04. The van der Waals surface area contributed by atoms with Crippen molar-refractivity contribution in [1.82, 2.24) is 0 Å². The molecule has 140 valence electrons. The van der Waals surface area contributed by atoms with Crippen LogP contribution in [0.1, 0.15) is 75.6 Å². The van der Waals surface area contributed by atoms with E-state index in [1.807, 2.05) is 0 Å². The molecule has 0 N–H and O–H groups in total. The van der Waals surface area contributed by atoms with Crippen LogP contribution in [0.2, 0.25) is 0 Å². The molecule has 0 aromatic heterocycles. The van der Waals surface area contributed by atoms with Gasteiger partial charge in [0.05, 0.1) is 0 Å². The van der Waals surface area contributed by atoms with Gasteiger partial charge in [-0.2, -0.15) is 34.4 Å². The van der Waals surface area contributed by atoms with E-state index in [4.69, 9.17) is 0 Å². The van der Waals surface area contributed by atoms with Gasteiger partial charge in [0.15, 0.2) is 0 Å². The summed E-state index contributed by atoms with van der Waals surface area (Å²) in [6, 6.07) is 13.4. The molecule has 0 heterocycles. The van der Waals surface area contributed by atoms with Gasteiger partial charge >= 0.3 is 25.8 Å². The topological polar surface area (TPSA) is 0 Å². The predicted molar refractivity (Wildman–Crippen MR) is 100 cm³/mol. The molecule has 0 unspecified atom stereocenters. The average molecular weight is 548 g/mol. The summed E-state index contributed by atoms with van der Waals surface area (Å²) < 4.78 is 0. The molecule has 0 saturated heterocycles. The van der Waals surface area contributed by atoms with Gasteiger partial charge in [0.2, 0.25) is 0 Å². The first-order chi connectivity index (χ1) is 10.8. The summed E-state index contributed by atoms with van der Waals surface area (Å²) >= 11 is 0. The maximum Gasteiger partial charge on any atom is 4.00 e. The standard InChI is InChI=1S/2C11H17.2ClH.Hf/c2*1-3-6-10-8-5-9-11(10)7-4-2;;;/h2*5,8-9H,3-4,6-7H2,1-2H3;2*1H;/q2*-1;;;+4/p-2. The summed E-state index contributed by atoms with van der Waals surface area (Å²) in [6.07, 6.45) is 10.1. The maximum absolute atomic E-state index is 2.26. The third-order valence-corrected chi connectivity index (χ3v) is 4.09. The molecule has 2 aromatic rings. The van der Waals surface area contributed by atoms with Crippen LogP contribution in [0, 0.1) is 0 Å². The molecule has 2 rings (SSSR count). The van der Waals surface area contributed by atoms with Crippen LogP contribution in [0.25, 0.3) is 0 Å². The van der Waals surface area contributed by atoms with Crippen molar-refractivity contribution in [1.29, 1.82) is 0 Å². The average Bonchev–Trinajstić information content (AvgIpc) is 3.12. The van der Waals surface area contributed by atoms with E-state index in [-0.39, 0.29) is 50.7 Å². The summed E-state index contributed by atoms with van der Waals surface area (Å²) in [6.45, 7) is 8.96. The molecule has 0 aliphatic rings. The molecule has 0 spiro atoms. The van der Waals surface area contributed by atoms with Gasteiger partial charge < -0.3 is 24.8 Å². The van der Waals surface area contributed by atoms with Crippen LogP contribution in [0.3, 0.4) is 0 Å². The van der Waals surface area contributed by atoms with Crippen LogP contribution < -0.4 is 24.8 Å². The van der Waals surface area contributed by atoms with E-state index in [0.29, 0.717) is 0 Å². The minimum absolute atomic E-state index is 0. The Labute approximate surface area is 187 Å². The third-order valence-electron chi connectivity index (χ3n) is 4.09. The molecule has 0 aliphatic carbocycles. The van der Waals surface area contributed by atoms with Gasteiger partial charge in [-0.15, -0.1) is 0 Å². The summed E-state index contributed by atoms with van der Waals surface area (Å²) in [5, 5.41) is 0. The Morgan fingerprint density at radius 2 is 1.00 bits per heavy atom. The Morgan fingerprint density at radius 3 is 1.28 bits per heavy atom. The molecule has 2 aromatic carbocycles. The molecule has 0 amide bonds. The second-order valence-electron chi connectivity index (χ2n) is 6.15. The quantitative estimate of drug-likeness (QED) is 0.336. The van der Waals surface area contributed by atoms with E-state index >= 15 is 0 Å². The molecule has 0 fully saturated rings. The van der Waals surface area contributed by atoms with Gasteiger partial charge in [-0.3, -0.25) is 0 Å². The molecule has 0 atom stereocenters. The van der Waals surface area contributed by atoms with Gasteiger partial charge in [-0.25, -0.2) is 24.3 Å². The van der Waals surface area contributed by atoms with Gasteiger partial charge in [0, 0.05) is 0 Å². The van der Waals surface area contributed by atoms with Crippen LogP contribution in [0.4, 0.5) is 0 Å². The normalized spacial score (nSPS) is 9.12. The molecule has 3 heteroatoms. The molecule has 0 aliphatic heterocycles. The van der Waals surface area contributed by atoms with E-state index < -0.39 is 0 Å². The van der Waals surface area contributed by atoms with Gasteiger partial charge in [-0.1, -0.05) is 79.1 Å². The minimum atomic E-state index is 0. The van der Waals surface area contributed by atoms with Crippen molar-refractivity contribution >= 4 is 0 Å². The molecule has 0 bridgehead atoms. The van der Waals surface area contributed by atoms with E-state index in [1.54, 1.807) is 22.3 Å². The number of hydrogen-bond acceptors (Lipinski definition) is 0. The van der Waals surface area contributed by atoms with Crippen molar-refractivity contribution in [3.05, 3.63) is 58.7 Å². The monoisotopic (exact) mass is 548 g/mol. The van der Waals surface area contributed by atoms with Crippen molar-refractivity contribution in [2.24, 2.45) is 0 Å². The number of rotatable bonds is 8. The maximum atomic E-state index is 2.26. The predicted octanol–water partition coefficient (Wildman–Crippen LogP) is 0.627. The van der Waals surface area contributed by atoms with Crippen LogP contribution in [0.15, 0.2) is 36.4 Å². The number of hydrogen-bond donors (Lipinski definition) is 0. The summed E-state index contributed by atoms with van der Waals surface area (Å²) in [5.74, 6) is 0. The van der Waals surface area contributed by atoms with Crippen molar-refractivity contribution in [3.8, 4) is 0 Å². The first kappa shape index (κ1) is 29.9. The Kier molecular flexibility index (Phi) is 22.6. The SMILES string of the molecule is CCCc1ccc[c-]1CCC.CCCc1ccc[c-]1CCC.[Cl-].[Cl-].[Hf+4]. The third kappa shape index (κ3) is 11.5. The second kappa shape index (κ2) is 18.9. The Hall–Kier alpha value is 0.150. The van der Waals surface area contributed by atoms with Crippen molar-refractivity contribution in [3.63, 3.8) is 0 Å². The van der Waals surface area contributed by atoms with E-state index in [0.717, 1.165) is 0 Å². The summed E-state index contributed by atoms with van der Waals surface area (Å²) in [5.41, 5.74) is 6.26. The first-order valence-electron chi connectivity index (χ1n) is 9.23. The molecular weight excluding hydrogens is 514 g/mol. The van der Waals surface area contributed by atoms with Gasteiger partial charge in [0.25, 0.3) is 0 Å². The fraction of sp³-hybridized carbons (Fsp3) is 0.545.